The van der Waals surface area contributed by atoms with Crippen molar-refractivity contribution in [2.75, 3.05) is 13.1 Å². The molecule has 2 amide bonds. The van der Waals surface area contributed by atoms with Gasteiger partial charge in [0.15, 0.2) is 0 Å². The Kier molecular flexibility index (Phi) is 7.18. The van der Waals surface area contributed by atoms with Crippen LogP contribution in [0.1, 0.15) is 55.6 Å². The van der Waals surface area contributed by atoms with Crippen molar-refractivity contribution in [3.8, 4) is 5.75 Å². The van der Waals surface area contributed by atoms with Crippen LogP contribution < -0.4 is 10.1 Å². The standard InChI is InChI=1S/C26H32N2O5/c29-24(28-16-13-21(17-28)27-25(30)31)23(26(32)14-5-2-6-15-26)20-9-11-22(12-10-20)33-18-19-7-3-1-4-8-19/h1,3-4,7-12,21,23,27,32H,2,5-6,13-18H2,(H,30,31)/t21-,23?/m0/s1. The predicted octanol–water partition coefficient (Wildman–Crippen LogP) is 3.91. The molecule has 7 heteroatoms. The van der Waals surface area contributed by atoms with E-state index >= 15 is 0 Å². The minimum atomic E-state index is -1.10. The molecule has 1 saturated heterocycles. The highest BCUT2D eigenvalue weighted by molar-refractivity contribution is 5.85. The highest BCUT2D eigenvalue weighted by atomic mass is 16.5. The lowest BCUT2D eigenvalue weighted by atomic mass is 9.72. The molecule has 0 radical (unpaired) electrons. The number of likely N-dealkylation sites (tertiary alicyclic amines) is 1. The van der Waals surface area contributed by atoms with E-state index in [0.29, 0.717) is 44.7 Å². The largest absolute Gasteiger partial charge is 0.489 e. The predicted molar refractivity (Wildman–Crippen MR) is 124 cm³/mol. The maximum Gasteiger partial charge on any atom is 0.404 e. The fourth-order valence-electron chi connectivity index (χ4n) is 5.07. The van der Waals surface area contributed by atoms with Gasteiger partial charge in [-0.1, -0.05) is 61.7 Å². The van der Waals surface area contributed by atoms with Gasteiger partial charge in [0.2, 0.25) is 5.91 Å². The summed E-state index contributed by atoms with van der Waals surface area (Å²) in [5.41, 5.74) is 0.746. The van der Waals surface area contributed by atoms with Crippen LogP contribution in [0.25, 0.3) is 0 Å². The van der Waals surface area contributed by atoms with Crippen molar-refractivity contribution in [1.82, 2.24) is 10.2 Å². The van der Waals surface area contributed by atoms with Crippen LogP contribution in [0.2, 0.25) is 0 Å². The van der Waals surface area contributed by atoms with E-state index in [1.54, 1.807) is 4.90 Å². The Morgan fingerprint density at radius 3 is 2.42 bits per heavy atom. The molecular formula is C26H32N2O5. The molecule has 1 saturated carbocycles. The summed E-state index contributed by atoms with van der Waals surface area (Å²) in [5, 5.41) is 23.0. The first-order valence-corrected chi connectivity index (χ1v) is 11.7. The van der Waals surface area contributed by atoms with Crippen LogP contribution in [0.15, 0.2) is 54.6 Å². The number of nitrogens with zero attached hydrogens (tertiary/aromatic N) is 1. The summed E-state index contributed by atoms with van der Waals surface area (Å²) in [5.74, 6) is -0.104. The number of rotatable bonds is 7. The first kappa shape index (κ1) is 23.1. The molecule has 0 aromatic heterocycles. The summed E-state index contributed by atoms with van der Waals surface area (Å²) >= 11 is 0. The third kappa shape index (κ3) is 5.66. The van der Waals surface area contributed by atoms with Crippen LogP contribution >= 0.6 is 0 Å². The quantitative estimate of drug-likeness (QED) is 0.592. The summed E-state index contributed by atoms with van der Waals surface area (Å²) < 4.78 is 5.89. The van der Waals surface area contributed by atoms with Gasteiger partial charge >= 0.3 is 6.09 Å². The molecule has 7 nitrogen and oxygen atoms in total. The van der Waals surface area contributed by atoms with E-state index in [1.165, 1.54) is 0 Å². The average Bonchev–Trinajstić information content (AvgIpc) is 3.27. The van der Waals surface area contributed by atoms with Crippen molar-refractivity contribution in [3.63, 3.8) is 0 Å². The Bertz CT molecular complexity index is 941. The Hall–Kier alpha value is -3.06. The molecule has 4 rings (SSSR count). The minimum absolute atomic E-state index is 0.132. The number of carbonyl (C=O) groups excluding carboxylic acids is 1. The number of amides is 2. The third-order valence-corrected chi connectivity index (χ3v) is 6.79. The second-order valence-electron chi connectivity index (χ2n) is 9.16. The summed E-state index contributed by atoms with van der Waals surface area (Å²) in [6.07, 6.45) is 3.51. The monoisotopic (exact) mass is 452 g/mol. The van der Waals surface area contributed by atoms with Gasteiger partial charge in [0.05, 0.1) is 17.6 Å². The first-order chi connectivity index (χ1) is 15.9. The van der Waals surface area contributed by atoms with Crippen LogP contribution in [-0.4, -0.2) is 51.8 Å². The molecule has 33 heavy (non-hydrogen) atoms. The number of aliphatic hydroxyl groups is 1. The van der Waals surface area contributed by atoms with E-state index in [-0.39, 0.29) is 11.9 Å². The molecule has 1 unspecified atom stereocenters. The van der Waals surface area contributed by atoms with E-state index < -0.39 is 17.6 Å². The van der Waals surface area contributed by atoms with Crippen LogP contribution in [0.4, 0.5) is 4.79 Å². The van der Waals surface area contributed by atoms with E-state index in [1.807, 2.05) is 54.6 Å². The van der Waals surface area contributed by atoms with Gasteiger partial charge in [-0.05, 0) is 42.5 Å². The lowest BCUT2D eigenvalue weighted by Crippen LogP contribution is -2.48. The zero-order chi connectivity index (χ0) is 23.3. The number of nitrogens with one attached hydrogen (secondary N) is 1. The smallest absolute Gasteiger partial charge is 0.404 e. The topological polar surface area (TPSA) is 99.1 Å². The van der Waals surface area contributed by atoms with Gasteiger partial charge in [-0.3, -0.25) is 4.79 Å². The van der Waals surface area contributed by atoms with Crippen molar-refractivity contribution in [2.24, 2.45) is 0 Å². The van der Waals surface area contributed by atoms with Gasteiger partial charge in [-0.2, -0.15) is 0 Å². The number of hydrogen-bond donors (Lipinski definition) is 3. The van der Waals surface area contributed by atoms with Gasteiger partial charge in [0.1, 0.15) is 12.4 Å². The number of hydrogen-bond acceptors (Lipinski definition) is 4. The van der Waals surface area contributed by atoms with Crippen LogP contribution in [-0.2, 0) is 11.4 Å². The lowest BCUT2D eigenvalue weighted by molar-refractivity contribution is -0.140. The molecule has 2 atom stereocenters. The molecule has 2 fully saturated rings. The fourth-order valence-corrected chi connectivity index (χ4v) is 5.07. The van der Waals surface area contributed by atoms with Crippen LogP contribution in [0.5, 0.6) is 5.75 Å². The SMILES string of the molecule is O=C(O)N[C@H]1CCN(C(=O)C(c2ccc(OCc3ccccc3)cc2)C2(O)CCCCC2)C1. The Morgan fingerprint density at radius 1 is 1.06 bits per heavy atom. The molecule has 2 aromatic rings. The minimum Gasteiger partial charge on any atom is -0.489 e. The zero-order valence-corrected chi connectivity index (χ0v) is 18.8. The van der Waals surface area contributed by atoms with Gasteiger partial charge in [0, 0.05) is 13.1 Å². The first-order valence-electron chi connectivity index (χ1n) is 11.7. The number of carbonyl (C=O) groups is 2. The van der Waals surface area contributed by atoms with Crippen molar-refractivity contribution in [1.29, 1.82) is 0 Å². The number of carboxylic acid groups (broad SMARTS) is 1. The maximum atomic E-state index is 13.6. The van der Waals surface area contributed by atoms with Gasteiger partial charge in [-0.25, -0.2) is 4.79 Å². The molecule has 1 aliphatic carbocycles. The van der Waals surface area contributed by atoms with E-state index in [0.717, 1.165) is 30.4 Å². The van der Waals surface area contributed by atoms with Gasteiger partial charge < -0.3 is 25.2 Å². The zero-order valence-electron chi connectivity index (χ0n) is 18.8. The second-order valence-corrected chi connectivity index (χ2v) is 9.16. The number of ether oxygens (including phenoxy) is 1. The van der Waals surface area contributed by atoms with Gasteiger partial charge in [0.25, 0.3) is 0 Å². The summed E-state index contributed by atoms with van der Waals surface area (Å²) in [7, 11) is 0. The van der Waals surface area contributed by atoms with Crippen molar-refractivity contribution < 1.29 is 24.5 Å². The molecule has 2 aromatic carbocycles. The molecule has 176 valence electrons. The summed E-state index contributed by atoms with van der Waals surface area (Å²) in [6.45, 7) is 1.27. The van der Waals surface area contributed by atoms with Gasteiger partial charge in [-0.15, -0.1) is 0 Å². The summed E-state index contributed by atoms with van der Waals surface area (Å²) in [4.78, 5) is 26.3. The number of benzene rings is 2. The molecule has 0 bridgehead atoms. The molecule has 1 aliphatic heterocycles. The highest BCUT2D eigenvalue weighted by Crippen LogP contribution is 2.42. The molecular weight excluding hydrogens is 420 g/mol. The van der Waals surface area contributed by atoms with Crippen LogP contribution in [0, 0.1) is 0 Å². The molecule has 3 N–H and O–H groups in total. The lowest BCUT2D eigenvalue weighted by Gasteiger charge is -2.40. The third-order valence-electron chi connectivity index (χ3n) is 6.79. The average molecular weight is 453 g/mol. The highest BCUT2D eigenvalue weighted by Gasteiger charge is 2.45. The Balaban J connectivity index is 1.51. The second kappa shape index (κ2) is 10.3. The Labute approximate surface area is 194 Å². The van der Waals surface area contributed by atoms with E-state index in [4.69, 9.17) is 9.84 Å². The van der Waals surface area contributed by atoms with Crippen LogP contribution in [0.3, 0.4) is 0 Å². The van der Waals surface area contributed by atoms with Crippen molar-refractivity contribution in [2.45, 2.75) is 62.7 Å². The molecule has 0 spiro atoms. The normalized spacial score (nSPS) is 20.8. The molecule has 2 aliphatic rings. The Morgan fingerprint density at radius 2 is 1.76 bits per heavy atom. The summed E-state index contributed by atoms with van der Waals surface area (Å²) in [6, 6.07) is 17.1. The van der Waals surface area contributed by atoms with E-state index in [2.05, 4.69) is 5.32 Å². The fraction of sp³-hybridized carbons (Fsp3) is 0.462. The van der Waals surface area contributed by atoms with E-state index in [9.17, 15) is 14.7 Å². The van der Waals surface area contributed by atoms with Crippen molar-refractivity contribution >= 4 is 12.0 Å². The molecule has 1 heterocycles. The van der Waals surface area contributed by atoms with Crippen molar-refractivity contribution in [3.05, 3.63) is 65.7 Å². The maximum absolute atomic E-state index is 13.6.